The highest BCUT2D eigenvalue weighted by molar-refractivity contribution is 7.20. The Labute approximate surface area is 172 Å². The number of hydrogen-bond acceptors (Lipinski definition) is 7. The second-order valence-corrected chi connectivity index (χ2v) is 8.31. The molecule has 0 unspecified atom stereocenters. The van der Waals surface area contributed by atoms with E-state index in [1.165, 1.54) is 27.1 Å². The molecule has 1 N–H and O–H groups in total. The lowest BCUT2D eigenvalue weighted by Crippen LogP contribution is -2.44. The van der Waals surface area contributed by atoms with Crippen LogP contribution in [0.25, 0.3) is 15.9 Å². The molecule has 3 heterocycles. The van der Waals surface area contributed by atoms with Crippen molar-refractivity contribution in [3.05, 3.63) is 64.4 Å². The fourth-order valence-corrected chi connectivity index (χ4v) is 4.43. The molecule has 1 aliphatic heterocycles. The summed E-state index contributed by atoms with van der Waals surface area (Å²) in [5, 5.41) is 9.06. The van der Waals surface area contributed by atoms with Gasteiger partial charge in [-0.05, 0) is 36.9 Å². The van der Waals surface area contributed by atoms with Gasteiger partial charge in [0.05, 0.1) is 10.9 Å². The lowest BCUT2D eigenvalue weighted by Gasteiger charge is -2.34. The lowest BCUT2D eigenvalue weighted by atomic mass is 10.1. The van der Waals surface area contributed by atoms with Crippen molar-refractivity contribution >= 4 is 38.0 Å². The summed E-state index contributed by atoms with van der Waals surface area (Å²) < 4.78 is 1.38. The molecule has 0 atom stereocenters. The number of para-hydroxylation sites is 1. The van der Waals surface area contributed by atoms with Crippen LogP contribution in [-0.2, 0) is 6.54 Å². The first kappa shape index (κ1) is 18.1. The number of anilines is 2. The second-order valence-electron chi connectivity index (χ2n) is 7.35. The topological polar surface area (TPSA) is 65.8 Å². The average Bonchev–Trinajstić information content (AvgIpc) is 3.16. The quantitative estimate of drug-likeness (QED) is 0.562. The largest absolute Gasteiger partial charge is 0.369 e. The highest BCUT2D eigenvalue weighted by atomic mass is 32.1. The molecule has 29 heavy (non-hydrogen) atoms. The zero-order valence-electron chi connectivity index (χ0n) is 16.2. The minimum absolute atomic E-state index is 0.132. The molecular formula is C21H22N6OS. The van der Waals surface area contributed by atoms with Crippen LogP contribution in [-0.4, -0.2) is 52.7 Å². The molecule has 148 valence electrons. The fraction of sp³-hybridized carbons (Fsp3) is 0.286. The first-order valence-electron chi connectivity index (χ1n) is 9.72. The molecule has 0 saturated carbocycles. The number of piperazine rings is 1. The van der Waals surface area contributed by atoms with Crippen molar-refractivity contribution in [2.75, 3.05) is 43.4 Å². The van der Waals surface area contributed by atoms with Crippen LogP contribution in [0, 0.1) is 0 Å². The van der Waals surface area contributed by atoms with E-state index in [0.717, 1.165) is 26.2 Å². The summed E-state index contributed by atoms with van der Waals surface area (Å²) in [6, 6.07) is 16.0. The standard InChI is InChI=1S/C21H22N6OS/c1-25-9-11-26(12-10-25)16-6-4-5-15(13-16)14-22-20-24-27-19(28)17-7-2-3-8-18(17)23-21(27)29-20/h2-8,13H,9-12,14H2,1H3,(H,22,24). The van der Waals surface area contributed by atoms with Crippen molar-refractivity contribution in [3.8, 4) is 0 Å². The molecule has 0 spiro atoms. The van der Waals surface area contributed by atoms with Gasteiger partial charge in [-0.2, -0.15) is 4.52 Å². The Balaban J connectivity index is 1.35. The molecule has 4 aromatic rings. The molecule has 1 aliphatic rings. The molecule has 0 bridgehead atoms. The maximum absolute atomic E-state index is 12.6. The average molecular weight is 407 g/mol. The molecule has 0 amide bonds. The summed E-state index contributed by atoms with van der Waals surface area (Å²) in [5.74, 6) is 0. The van der Waals surface area contributed by atoms with Gasteiger partial charge in [-0.1, -0.05) is 35.6 Å². The van der Waals surface area contributed by atoms with E-state index in [9.17, 15) is 4.79 Å². The number of fused-ring (bicyclic) bond motifs is 2. The molecule has 7 nitrogen and oxygen atoms in total. The molecule has 2 aromatic heterocycles. The maximum Gasteiger partial charge on any atom is 0.283 e. The predicted molar refractivity (Wildman–Crippen MR) is 118 cm³/mol. The highest BCUT2D eigenvalue weighted by Gasteiger charge is 2.15. The third kappa shape index (κ3) is 3.56. The third-order valence-corrected chi connectivity index (χ3v) is 6.19. The Bertz CT molecular complexity index is 1220. The molecule has 8 heteroatoms. The first-order valence-corrected chi connectivity index (χ1v) is 10.5. The van der Waals surface area contributed by atoms with Gasteiger partial charge >= 0.3 is 0 Å². The van der Waals surface area contributed by atoms with E-state index in [1.807, 2.05) is 18.2 Å². The van der Waals surface area contributed by atoms with Gasteiger partial charge in [0, 0.05) is 38.4 Å². The number of aromatic nitrogens is 3. The minimum atomic E-state index is -0.132. The molecule has 0 radical (unpaired) electrons. The number of rotatable bonds is 4. The van der Waals surface area contributed by atoms with Crippen molar-refractivity contribution in [1.29, 1.82) is 0 Å². The smallest absolute Gasteiger partial charge is 0.283 e. The van der Waals surface area contributed by atoms with Gasteiger partial charge in [0.15, 0.2) is 0 Å². The van der Waals surface area contributed by atoms with Crippen molar-refractivity contribution in [2.45, 2.75) is 6.54 Å². The lowest BCUT2D eigenvalue weighted by molar-refractivity contribution is 0.313. The Morgan fingerprint density at radius 2 is 1.90 bits per heavy atom. The Kier molecular flexibility index (Phi) is 4.65. The summed E-state index contributed by atoms with van der Waals surface area (Å²) in [6.07, 6.45) is 0. The van der Waals surface area contributed by atoms with Crippen LogP contribution in [0.3, 0.4) is 0 Å². The number of hydrogen-bond donors (Lipinski definition) is 1. The van der Waals surface area contributed by atoms with Crippen molar-refractivity contribution < 1.29 is 0 Å². The van der Waals surface area contributed by atoms with Crippen molar-refractivity contribution in [1.82, 2.24) is 19.5 Å². The first-order chi connectivity index (χ1) is 14.2. The Morgan fingerprint density at radius 1 is 1.07 bits per heavy atom. The summed E-state index contributed by atoms with van der Waals surface area (Å²) >= 11 is 1.39. The van der Waals surface area contributed by atoms with Crippen LogP contribution in [0.4, 0.5) is 10.8 Å². The molecule has 1 fully saturated rings. The van der Waals surface area contributed by atoms with Crippen LogP contribution in [0.1, 0.15) is 5.56 Å². The molecule has 2 aromatic carbocycles. The van der Waals surface area contributed by atoms with Gasteiger partial charge in [-0.25, -0.2) is 4.98 Å². The number of benzene rings is 2. The van der Waals surface area contributed by atoms with Crippen LogP contribution in [0.2, 0.25) is 0 Å². The van der Waals surface area contributed by atoms with Crippen molar-refractivity contribution in [2.24, 2.45) is 0 Å². The van der Waals surface area contributed by atoms with E-state index >= 15 is 0 Å². The summed E-state index contributed by atoms with van der Waals surface area (Å²) in [7, 11) is 2.17. The van der Waals surface area contributed by atoms with Crippen LogP contribution in [0.5, 0.6) is 0 Å². The molecule has 5 rings (SSSR count). The second kappa shape index (κ2) is 7.46. The van der Waals surface area contributed by atoms with E-state index in [4.69, 9.17) is 0 Å². The molecule has 0 aliphatic carbocycles. The molecule has 1 saturated heterocycles. The van der Waals surface area contributed by atoms with Gasteiger partial charge in [0.1, 0.15) is 0 Å². The van der Waals surface area contributed by atoms with E-state index in [-0.39, 0.29) is 5.56 Å². The van der Waals surface area contributed by atoms with Gasteiger partial charge in [-0.3, -0.25) is 4.79 Å². The highest BCUT2D eigenvalue weighted by Crippen LogP contribution is 2.21. The predicted octanol–water partition coefficient (Wildman–Crippen LogP) is 2.67. The van der Waals surface area contributed by atoms with Crippen molar-refractivity contribution in [3.63, 3.8) is 0 Å². The van der Waals surface area contributed by atoms with Gasteiger partial charge in [0.2, 0.25) is 10.1 Å². The maximum atomic E-state index is 12.6. The van der Waals surface area contributed by atoms with Crippen LogP contribution >= 0.6 is 11.3 Å². The van der Waals surface area contributed by atoms with E-state index < -0.39 is 0 Å². The van der Waals surface area contributed by atoms with Crippen LogP contribution in [0.15, 0.2) is 53.3 Å². The summed E-state index contributed by atoms with van der Waals surface area (Å²) in [6.45, 7) is 4.92. The minimum Gasteiger partial charge on any atom is -0.369 e. The Morgan fingerprint density at radius 3 is 2.76 bits per heavy atom. The van der Waals surface area contributed by atoms with Gasteiger partial charge in [-0.15, -0.1) is 5.10 Å². The van der Waals surface area contributed by atoms with E-state index in [1.54, 1.807) is 6.07 Å². The third-order valence-electron chi connectivity index (χ3n) is 5.33. The zero-order chi connectivity index (χ0) is 19.8. The Hall–Kier alpha value is -2.97. The number of likely N-dealkylation sites (N-methyl/N-ethyl adjacent to an activating group) is 1. The van der Waals surface area contributed by atoms with Gasteiger partial charge in [0.25, 0.3) is 5.56 Å². The van der Waals surface area contributed by atoms with Crippen LogP contribution < -0.4 is 15.8 Å². The number of nitrogens with one attached hydrogen (secondary N) is 1. The van der Waals surface area contributed by atoms with E-state index in [0.29, 0.717) is 27.5 Å². The summed E-state index contributed by atoms with van der Waals surface area (Å²) in [5.41, 5.74) is 3.01. The summed E-state index contributed by atoms with van der Waals surface area (Å²) in [4.78, 5) is 22.6. The van der Waals surface area contributed by atoms with Gasteiger partial charge < -0.3 is 15.1 Å². The monoisotopic (exact) mass is 406 g/mol. The SMILES string of the molecule is CN1CCN(c2cccc(CNc3nn4c(=O)c5ccccc5nc4s3)c2)CC1. The normalized spacial score (nSPS) is 15.3. The number of nitrogens with zero attached hydrogens (tertiary/aromatic N) is 5. The fourth-order valence-electron chi connectivity index (χ4n) is 3.63. The zero-order valence-corrected chi connectivity index (χ0v) is 17.0. The van der Waals surface area contributed by atoms with E-state index in [2.05, 4.69) is 56.5 Å². The molecular weight excluding hydrogens is 384 g/mol.